The Morgan fingerprint density at radius 2 is 2.00 bits per heavy atom. The van der Waals surface area contributed by atoms with Crippen molar-refractivity contribution in [2.75, 3.05) is 0 Å². The quantitative estimate of drug-likeness (QED) is 0.315. The second kappa shape index (κ2) is 10.1. The summed E-state index contributed by atoms with van der Waals surface area (Å²) < 4.78 is 18.4. The second-order valence-corrected chi connectivity index (χ2v) is 9.66. The summed E-state index contributed by atoms with van der Waals surface area (Å²) in [7, 11) is 0. The number of hydrogen-bond acceptors (Lipinski definition) is 5. The van der Waals surface area contributed by atoms with Gasteiger partial charge in [0.1, 0.15) is 12.4 Å². The zero-order valence-electron chi connectivity index (χ0n) is 20.1. The van der Waals surface area contributed by atoms with Gasteiger partial charge in [0.05, 0.1) is 12.2 Å². The number of hydrogen-bond donors (Lipinski definition) is 0. The number of rotatable bonds is 6. The summed E-state index contributed by atoms with van der Waals surface area (Å²) in [6.07, 6.45) is 14.6. The number of fused-ring (bicyclic) bond motifs is 1. The maximum absolute atomic E-state index is 12.0. The highest BCUT2D eigenvalue weighted by molar-refractivity contribution is 5.75. The fraction of sp³-hybridized carbons (Fsp3) is 0.556. The molecule has 32 heavy (non-hydrogen) atoms. The molecule has 0 aromatic heterocycles. The van der Waals surface area contributed by atoms with Gasteiger partial charge in [0, 0.05) is 12.8 Å². The van der Waals surface area contributed by atoms with E-state index in [1.54, 1.807) is 6.08 Å². The van der Waals surface area contributed by atoms with E-state index in [0.717, 1.165) is 30.3 Å². The minimum absolute atomic E-state index is 0.129. The van der Waals surface area contributed by atoms with Crippen LogP contribution >= 0.6 is 0 Å². The molecule has 2 heterocycles. The van der Waals surface area contributed by atoms with Crippen LogP contribution in [0.1, 0.15) is 60.8 Å². The number of aldehydes is 1. The van der Waals surface area contributed by atoms with E-state index in [1.165, 1.54) is 12.5 Å². The molecule has 1 spiro atoms. The lowest BCUT2D eigenvalue weighted by Crippen LogP contribution is -2.49. The van der Waals surface area contributed by atoms with Crippen LogP contribution in [-0.2, 0) is 23.8 Å². The first-order valence-electron chi connectivity index (χ1n) is 11.5. The van der Waals surface area contributed by atoms with Gasteiger partial charge in [0.2, 0.25) is 5.79 Å². The minimum Gasteiger partial charge on any atom is -0.458 e. The van der Waals surface area contributed by atoms with Gasteiger partial charge in [-0.2, -0.15) is 0 Å². The first kappa shape index (κ1) is 24.4. The van der Waals surface area contributed by atoms with Crippen LogP contribution in [0.5, 0.6) is 0 Å². The SMILES string of the molecule is CC(=O)O[C@H]1C[C@@H]2C(C=O)=C[C@]3(C=C(C)C[C@@H](C=C(C)CC=CC(C)C)O3)O[C@@H]2C=C1C. The van der Waals surface area contributed by atoms with E-state index < -0.39 is 5.79 Å². The molecule has 5 atom stereocenters. The molecule has 2 aliphatic heterocycles. The molecule has 0 unspecified atom stereocenters. The molecular formula is C27H36O5. The van der Waals surface area contributed by atoms with Crippen molar-refractivity contribution >= 4 is 12.3 Å². The van der Waals surface area contributed by atoms with Gasteiger partial charge in [0.15, 0.2) is 0 Å². The maximum Gasteiger partial charge on any atom is 0.303 e. The molecule has 174 valence electrons. The lowest BCUT2D eigenvalue weighted by molar-refractivity contribution is -0.226. The zero-order chi connectivity index (χ0) is 23.5. The Balaban J connectivity index is 1.84. The Kier molecular flexibility index (Phi) is 7.73. The molecule has 0 amide bonds. The van der Waals surface area contributed by atoms with Crippen molar-refractivity contribution in [3.05, 3.63) is 58.7 Å². The number of allylic oxidation sites excluding steroid dienone is 3. The summed E-state index contributed by atoms with van der Waals surface area (Å²) in [5.74, 6) is -1.03. The van der Waals surface area contributed by atoms with Crippen LogP contribution < -0.4 is 0 Å². The highest BCUT2D eigenvalue weighted by atomic mass is 16.7. The van der Waals surface area contributed by atoms with Gasteiger partial charge >= 0.3 is 5.97 Å². The fourth-order valence-corrected chi connectivity index (χ4v) is 4.70. The van der Waals surface area contributed by atoms with Crippen molar-refractivity contribution in [1.82, 2.24) is 0 Å². The second-order valence-electron chi connectivity index (χ2n) is 9.66. The van der Waals surface area contributed by atoms with Gasteiger partial charge in [0.25, 0.3) is 0 Å². The molecular weight excluding hydrogens is 404 g/mol. The number of ether oxygens (including phenoxy) is 3. The van der Waals surface area contributed by atoms with Crippen LogP contribution in [0.15, 0.2) is 58.7 Å². The molecule has 0 fully saturated rings. The average molecular weight is 441 g/mol. The van der Waals surface area contributed by atoms with Crippen molar-refractivity contribution in [3.8, 4) is 0 Å². The molecule has 0 saturated carbocycles. The highest BCUT2D eigenvalue weighted by Gasteiger charge is 2.46. The number of esters is 1. The molecule has 3 aliphatic rings. The molecule has 0 N–H and O–H groups in total. The Morgan fingerprint density at radius 3 is 2.66 bits per heavy atom. The summed E-state index contributed by atoms with van der Waals surface area (Å²) >= 11 is 0. The minimum atomic E-state index is -1.07. The van der Waals surface area contributed by atoms with E-state index in [0.29, 0.717) is 17.9 Å². The summed E-state index contributed by atoms with van der Waals surface area (Å²) in [4.78, 5) is 23.5. The Bertz CT molecular complexity index is 888. The topological polar surface area (TPSA) is 61.8 Å². The van der Waals surface area contributed by atoms with Gasteiger partial charge in [-0.25, -0.2) is 0 Å². The highest BCUT2D eigenvalue weighted by Crippen LogP contribution is 2.43. The van der Waals surface area contributed by atoms with E-state index in [9.17, 15) is 9.59 Å². The molecule has 0 radical (unpaired) electrons. The molecule has 0 bridgehead atoms. The lowest BCUT2D eigenvalue weighted by atomic mass is 9.78. The number of carbonyl (C=O) groups is 2. The van der Waals surface area contributed by atoms with Crippen molar-refractivity contribution < 1.29 is 23.8 Å². The Hall–Kier alpha value is -2.24. The van der Waals surface area contributed by atoms with Crippen molar-refractivity contribution in [2.24, 2.45) is 11.8 Å². The van der Waals surface area contributed by atoms with Gasteiger partial charge in [-0.1, -0.05) is 49.3 Å². The molecule has 0 aromatic rings. The van der Waals surface area contributed by atoms with Crippen LogP contribution in [0.2, 0.25) is 0 Å². The molecule has 0 aromatic carbocycles. The predicted octanol–water partition coefficient (Wildman–Crippen LogP) is 5.39. The normalized spacial score (nSPS) is 33.0. The molecule has 5 nitrogen and oxygen atoms in total. The molecule has 0 saturated heterocycles. The average Bonchev–Trinajstić information content (AvgIpc) is 2.67. The molecule has 1 aliphatic carbocycles. The lowest BCUT2D eigenvalue weighted by Gasteiger charge is -2.46. The van der Waals surface area contributed by atoms with Gasteiger partial charge in [-0.15, -0.1) is 0 Å². The number of carbonyl (C=O) groups excluding carboxylic acids is 2. The van der Waals surface area contributed by atoms with Crippen LogP contribution in [0.3, 0.4) is 0 Å². The van der Waals surface area contributed by atoms with E-state index in [-0.39, 0.29) is 30.2 Å². The third kappa shape index (κ3) is 5.96. The third-order valence-electron chi connectivity index (χ3n) is 6.10. The zero-order valence-corrected chi connectivity index (χ0v) is 20.1. The van der Waals surface area contributed by atoms with Crippen LogP contribution in [-0.4, -0.2) is 36.4 Å². The van der Waals surface area contributed by atoms with E-state index in [4.69, 9.17) is 14.2 Å². The molecule has 3 rings (SSSR count). The first-order valence-corrected chi connectivity index (χ1v) is 11.5. The maximum atomic E-state index is 12.0. The van der Waals surface area contributed by atoms with Gasteiger partial charge < -0.3 is 14.2 Å². The van der Waals surface area contributed by atoms with Crippen molar-refractivity contribution in [3.63, 3.8) is 0 Å². The standard InChI is InChI=1S/C27H36O5/c1-17(2)8-7-9-18(3)10-23-11-19(4)14-27(31-23)15-22(16-28)24-13-25(30-21(6)29)20(5)12-26(24)32-27/h7-8,10,12,14-17,23-26H,9,11,13H2,1-6H3/t23-,24-,25+,26-,27+/m1/s1. The third-order valence-corrected chi connectivity index (χ3v) is 6.10. The monoisotopic (exact) mass is 440 g/mol. The fourth-order valence-electron chi connectivity index (χ4n) is 4.70. The smallest absolute Gasteiger partial charge is 0.303 e. The van der Waals surface area contributed by atoms with Gasteiger partial charge in [-0.05, 0) is 69.2 Å². The van der Waals surface area contributed by atoms with E-state index in [2.05, 4.69) is 45.9 Å². The van der Waals surface area contributed by atoms with Crippen LogP contribution in [0.4, 0.5) is 0 Å². The first-order chi connectivity index (χ1) is 15.1. The summed E-state index contributed by atoms with van der Waals surface area (Å²) in [6.45, 7) is 11.8. The van der Waals surface area contributed by atoms with Crippen LogP contribution in [0.25, 0.3) is 0 Å². The van der Waals surface area contributed by atoms with Crippen molar-refractivity contribution in [2.45, 2.75) is 84.9 Å². The Labute approximate surface area is 191 Å². The summed E-state index contributed by atoms with van der Waals surface area (Å²) in [5.41, 5.74) is 3.97. The van der Waals surface area contributed by atoms with E-state index >= 15 is 0 Å². The largest absolute Gasteiger partial charge is 0.458 e. The molecule has 5 heteroatoms. The Morgan fingerprint density at radius 1 is 1.25 bits per heavy atom. The summed E-state index contributed by atoms with van der Waals surface area (Å²) in [6, 6.07) is 0. The predicted molar refractivity (Wildman–Crippen MR) is 125 cm³/mol. The van der Waals surface area contributed by atoms with Gasteiger partial charge in [-0.3, -0.25) is 9.59 Å². The van der Waals surface area contributed by atoms with Crippen LogP contribution in [0, 0.1) is 11.8 Å². The van der Waals surface area contributed by atoms with Crippen molar-refractivity contribution in [1.29, 1.82) is 0 Å². The van der Waals surface area contributed by atoms with E-state index in [1.807, 2.05) is 19.1 Å². The summed E-state index contributed by atoms with van der Waals surface area (Å²) in [5, 5.41) is 0.